The van der Waals surface area contributed by atoms with Gasteiger partial charge in [0.25, 0.3) is 0 Å². The fourth-order valence-corrected chi connectivity index (χ4v) is 11.9. The first-order valence-electron chi connectivity index (χ1n) is 29.8. The van der Waals surface area contributed by atoms with Crippen LogP contribution in [0.1, 0.15) is 288 Å². The van der Waals surface area contributed by atoms with E-state index in [2.05, 4.69) is 133 Å². The number of rotatable bonds is 44. The molecule has 0 aromatic heterocycles. The lowest BCUT2D eigenvalue weighted by Crippen LogP contribution is -2.54. The molecular weight excluding hydrogens is 883 g/mol. The van der Waals surface area contributed by atoms with E-state index in [1.165, 1.54) is 186 Å². The molecule has 0 aliphatic rings. The van der Waals surface area contributed by atoms with Crippen LogP contribution in [0.3, 0.4) is 0 Å². The van der Waals surface area contributed by atoms with Gasteiger partial charge in [-0.1, -0.05) is 281 Å². The van der Waals surface area contributed by atoms with Crippen molar-refractivity contribution >= 4 is 30.9 Å². The van der Waals surface area contributed by atoms with E-state index in [1.54, 1.807) is 0 Å². The number of carbonyl (C=O) groups is 1. The molecule has 0 bridgehead atoms. The van der Waals surface area contributed by atoms with Crippen LogP contribution in [0.25, 0.3) is 0 Å². The van der Waals surface area contributed by atoms with Gasteiger partial charge in [0.05, 0.1) is 24.9 Å². The molecule has 0 saturated carbocycles. The Morgan fingerprint density at radius 2 is 0.735 bits per heavy atom. The number of unbranched alkanes of at least 4 members (excludes halogenated alkanes) is 29. The Hall–Kier alpha value is -0.259. The van der Waals surface area contributed by atoms with Crippen molar-refractivity contribution in [2.24, 2.45) is 0 Å². The highest BCUT2D eigenvalue weighted by atomic mass is 28.4. The summed E-state index contributed by atoms with van der Waals surface area (Å²) in [7, 11) is -6.40. The van der Waals surface area contributed by atoms with E-state index in [0.29, 0.717) is 13.0 Å². The van der Waals surface area contributed by atoms with E-state index in [9.17, 15) is 4.79 Å². The first kappa shape index (κ1) is 67.7. The summed E-state index contributed by atoms with van der Waals surface area (Å²) < 4.78 is 21.5. The molecule has 0 aromatic rings. The number of hydrogen-bond donors (Lipinski definition) is 1. The number of amides is 1. The fraction of sp³-hybridized carbons (Fsp3) is 0.950. The van der Waals surface area contributed by atoms with E-state index in [4.69, 9.17) is 13.3 Å². The second-order valence-electron chi connectivity index (χ2n) is 26.2. The Labute approximate surface area is 431 Å². The predicted molar refractivity (Wildman–Crippen MR) is 312 cm³/mol. The molecule has 0 saturated heterocycles. The van der Waals surface area contributed by atoms with Gasteiger partial charge >= 0.3 is 0 Å². The highest BCUT2D eigenvalue weighted by molar-refractivity contribution is 6.75. The third-order valence-electron chi connectivity index (χ3n) is 16.5. The Balaban J connectivity index is 5.57. The minimum absolute atomic E-state index is 0.0207. The Morgan fingerprint density at radius 1 is 0.426 bits per heavy atom. The van der Waals surface area contributed by atoms with Gasteiger partial charge in [0.15, 0.2) is 25.0 Å². The molecule has 0 radical (unpaired) electrons. The van der Waals surface area contributed by atoms with Crippen molar-refractivity contribution in [2.75, 3.05) is 6.61 Å². The molecule has 1 amide bonds. The van der Waals surface area contributed by atoms with Crippen LogP contribution in [0, 0.1) is 0 Å². The lowest BCUT2D eigenvalue weighted by molar-refractivity contribution is -0.122. The molecule has 8 heteroatoms. The van der Waals surface area contributed by atoms with Crippen LogP contribution in [0.2, 0.25) is 54.4 Å². The molecule has 1 N–H and O–H groups in total. The molecule has 0 heterocycles. The van der Waals surface area contributed by atoms with E-state index < -0.39 is 25.0 Å². The van der Waals surface area contributed by atoms with E-state index in [-0.39, 0.29) is 39.3 Å². The van der Waals surface area contributed by atoms with Crippen LogP contribution in [0.15, 0.2) is 12.2 Å². The zero-order valence-electron chi connectivity index (χ0n) is 49.6. The highest BCUT2D eigenvalue weighted by Crippen LogP contribution is 2.40. The summed E-state index contributed by atoms with van der Waals surface area (Å²) in [5.74, 6) is 0.128. The molecule has 5 nitrogen and oxygen atoms in total. The Kier molecular flexibility index (Phi) is 37.3. The normalized spacial score (nSPS) is 14.8. The molecule has 0 aromatic carbocycles. The van der Waals surface area contributed by atoms with Crippen LogP contribution in [0.4, 0.5) is 0 Å². The molecule has 0 aliphatic heterocycles. The zero-order valence-corrected chi connectivity index (χ0v) is 52.6. The van der Waals surface area contributed by atoms with Gasteiger partial charge in [0.1, 0.15) is 0 Å². The second kappa shape index (κ2) is 37.5. The first-order chi connectivity index (χ1) is 31.8. The highest BCUT2D eigenvalue weighted by Gasteiger charge is 2.43. The van der Waals surface area contributed by atoms with Gasteiger partial charge in [-0.05, 0) is 67.2 Å². The standard InChI is InChI=1S/C60H125NO4Si3/c1-18-20-22-24-26-28-30-31-32-33-34-35-36-37-38-39-40-42-44-46-48-50-57(62)61-55(53-63-66(12,13)58(3,4)5)56(65-68(16,17)60(9,10)11)52-51-54(64-67(14,15)59(6,7)8)49-47-45-43-41-29-27-25-23-21-19-2/h51-52,54-56H,18-50,53H2,1-17H3,(H,61,62)/b52-51+/t54-,55+,56-/m1/s1. The van der Waals surface area contributed by atoms with Gasteiger partial charge in [0, 0.05) is 6.42 Å². The van der Waals surface area contributed by atoms with Crippen molar-refractivity contribution in [1.29, 1.82) is 0 Å². The SMILES string of the molecule is CCCCCCCCCCCCCCCCCCCCCCCC(=O)N[C@@H](CO[Si](C)(C)C(C)(C)C)[C@@H](/C=C/[C@@H](CCCCCCCCCCCC)O[Si](C)(C)C(C)(C)C)O[Si](C)(C)C(C)(C)C. The van der Waals surface area contributed by atoms with Gasteiger partial charge in [-0.2, -0.15) is 0 Å². The lowest BCUT2D eigenvalue weighted by Gasteiger charge is -2.42. The Bertz CT molecular complexity index is 1230. The average Bonchev–Trinajstić information content (AvgIpc) is 3.23. The van der Waals surface area contributed by atoms with Crippen LogP contribution < -0.4 is 5.32 Å². The van der Waals surface area contributed by atoms with E-state index in [0.717, 1.165) is 19.3 Å². The maximum atomic E-state index is 14.0. The average molecular weight is 1010 g/mol. The largest absolute Gasteiger partial charge is 0.415 e. The van der Waals surface area contributed by atoms with Crippen molar-refractivity contribution < 1.29 is 18.1 Å². The molecule has 406 valence electrons. The smallest absolute Gasteiger partial charge is 0.220 e. The van der Waals surface area contributed by atoms with Crippen molar-refractivity contribution in [3.63, 3.8) is 0 Å². The third-order valence-corrected chi connectivity index (χ3v) is 30.0. The monoisotopic (exact) mass is 1010 g/mol. The molecule has 3 atom stereocenters. The quantitative estimate of drug-likeness (QED) is 0.0375. The summed E-state index contributed by atoms with van der Waals surface area (Å²) in [6.45, 7) is 40.0. The van der Waals surface area contributed by atoms with Gasteiger partial charge in [0.2, 0.25) is 5.91 Å². The van der Waals surface area contributed by atoms with Crippen LogP contribution in [0.5, 0.6) is 0 Å². The number of hydrogen-bond acceptors (Lipinski definition) is 4. The second-order valence-corrected chi connectivity index (χ2v) is 40.5. The summed E-state index contributed by atoms with van der Waals surface area (Å²) in [5, 5.41) is 3.74. The van der Waals surface area contributed by atoms with Crippen molar-refractivity contribution in [1.82, 2.24) is 5.32 Å². The summed E-state index contributed by atoms with van der Waals surface area (Å²) in [6, 6.07) is -0.275. The van der Waals surface area contributed by atoms with Crippen LogP contribution in [-0.2, 0) is 18.1 Å². The molecule has 0 fully saturated rings. The molecule has 0 spiro atoms. The summed E-state index contributed by atoms with van der Waals surface area (Å²) in [5.41, 5.74) is 0. The van der Waals surface area contributed by atoms with E-state index in [1.807, 2.05) is 0 Å². The van der Waals surface area contributed by atoms with Gasteiger partial charge < -0.3 is 18.6 Å². The topological polar surface area (TPSA) is 56.8 Å². The maximum absolute atomic E-state index is 14.0. The summed E-state index contributed by atoms with van der Waals surface area (Å²) in [4.78, 5) is 14.0. The predicted octanol–water partition coefficient (Wildman–Crippen LogP) is 20.7. The van der Waals surface area contributed by atoms with Gasteiger partial charge in [-0.25, -0.2) is 0 Å². The van der Waals surface area contributed by atoms with Crippen LogP contribution >= 0.6 is 0 Å². The minimum atomic E-state index is -2.25. The minimum Gasteiger partial charge on any atom is -0.415 e. The molecule has 0 aliphatic carbocycles. The molecule has 0 rings (SSSR count). The molecule has 0 unspecified atom stereocenters. The maximum Gasteiger partial charge on any atom is 0.220 e. The summed E-state index contributed by atoms with van der Waals surface area (Å²) in [6.07, 6.45) is 47.8. The van der Waals surface area contributed by atoms with Gasteiger partial charge in [-0.15, -0.1) is 0 Å². The van der Waals surface area contributed by atoms with E-state index >= 15 is 0 Å². The van der Waals surface area contributed by atoms with Crippen molar-refractivity contribution in [2.45, 2.75) is 361 Å². The fourth-order valence-electron chi connectivity index (χ4n) is 8.32. The summed E-state index contributed by atoms with van der Waals surface area (Å²) >= 11 is 0. The Morgan fingerprint density at radius 3 is 1.07 bits per heavy atom. The zero-order chi connectivity index (χ0) is 51.6. The molecular formula is C60H125NO4Si3. The van der Waals surface area contributed by atoms with Crippen LogP contribution in [-0.4, -0.2) is 55.7 Å². The number of nitrogens with one attached hydrogen (secondary N) is 1. The molecule has 68 heavy (non-hydrogen) atoms. The van der Waals surface area contributed by atoms with Gasteiger partial charge in [-0.3, -0.25) is 4.79 Å². The van der Waals surface area contributed by atoms with Crippen molar-refractivity contribution in [3.8, 4) is 0 Å². The lowest BCUT2D eigenvalue weighted by atomic mass is 10.0. The first-order valence-corrected chi connectivity index (χ1v) is 38.5. The van der Waals surface area contributed by atoms with Crippen molar-refractivity contribution in [3.05, 3.63) is 12.2 Å². The third kappa shape index (κ3) is 33.5. The number of carbonyl (C=O) groups excluding carboxylic acids is 1.